The number of piperazine rings is 1. The van der Waals surface area contributed by atoms with Gasteiger partial charge >= 0.3 is 0 Å². The normalized spacial score (nSPS) is 17.4. The van der Waals surface area contributed by atoms with Gasteiger partial charge in [-0.3, -0.25) is 0 Å². The van der Waals surface area contributed by atoms with Gasteiger partial charge in [0.2, 0.25) is 10.0 Å². The molecule has 0 spiro atoms. The molecule has 1 aliphatic heterocycles. The van der Waals surface area contributed by atoms with Crippen LogP contribution in [0.4, 0.5) is 5.69 Å². The summed E-state index contributed by atoms with van der Waals surface area (Å²) < 4.78 is 26.8. The molecular formula is C14H23N3O2S. The fraction of sp³-hybridized carbons (Fsp3) is 0.571. The van der Waals surface area contributed by atoms with Crippen molar-refractivity contribution >= 4 is 15.7 Å². The SMILES string of the molecule is CCc1ccc(S(=O)(=O)NC)c(N2CCN(C)CC2)c1. The number of likely N-dealkylation sites (N-methyl/N-ethyl adjacent to an activating group) is 1. The van der Waals surface area contributed by atoms with Crippen molar-refractivity contribution in [3.8, 4) is 0 Å². The molecule has 20 heavy (non-hydrogen) atoms. The molecule has 1 aromatic carbocycles. The maximum Gasteiger partial charge on any atom is 0.242 e. The molecule has 0 amide bonds. The van der Waals surface area contributed by atoms with Gasteiger partial charge in [0.25, 0.3) is 0 Å². The topological polar surface area (TPSA) is 52.7 Å². The van der Waals surface area contributed by atoms with Gasteiger partial charge in [-0.1, -0.05) is 13.0 Å². The minimum atomic E-state index is -3.42. The van der Waals surface area contributed by atoms with Crippen molar-refractivity contribution < 1.29 is 8.42 Å². The summed E-state index contributed by atoms with van der Waals surface area (Å²) in [6, 6.07) is 5.62. The molecule has 0 atom stereocenters. The zero-order chi connectivity index (χ0) is 14.8. The van der Waals surface area contributed by atoms with Gasteiger partial charge in [-0.25, -0.2) is 13.1 Å². The molecule has 6 heteroatoms. The van der Waals surface area contributed by atoms with Gasteiger partial charge < -0.3 is 9.80 Å². The smallest absolute Gasteiger partial charge is 0.242 e. The molecular weight excluding hydrogens is 274 g/mol. The summed E-state index contributed by atoms with van der Waals surface area (Å²) in [7, 11) is 0.122. The molecule has 1 aromatic rings. The van der Waals surface area contributed by atoms with E-state index in [1.165, 1.54) is 7.05 Å². The minimum Gasteiger partial charge on any atom is -0.368 e. The molecule has 5 nitrogen and oxygen atoms in total. The Balaban J connectivity index is 2.43. The molecule has 1 heterocycles. The third kappa shape index (κ3) is 3.13. The van der Waals surface area contributed by atoms with Gasteiger partial charge in [-0.15, -0.1) is 0 Å². The van der Waals surface area contributed by atoms with Crippen LogP contribution in [0, 0.1) is 0 Å². The van der Waals surface area contributed by atoms with E-state index < -0.39 is 10.0 Å². The second-order valence-corrected chi connectivity index (χ2v) is 7.01. The predicted molar refractivity (Wildman–Crippen MR) is 81.8 cm³/mol. The Kier molecular flexibility index (Phi) is 4.67. The Hall–Kier alpha value is -1.11. The molecule has 1 saturated heterocycles. The zero-order valence-electron chi connectivity index (χ0n) is 12.4. The highest BCUT2D eigenvalue weighted by Gasteiger charge is 2.23. The van der Waals surface area contributed by atoms with Crippen LogP contribution in [-0.4, -0.2) is 53.6 Å². The molecule has 0 saturated carbocycles. The van der Waals surface area contributed by atoms with Crippen LogP contribution >= 0.6 is 0 Å². The van der Waals surface area contributed by atoms with Crippen LogP contribution in [0.5, 0.6) is 0 Å². The number of sulfonamides is 1. The van der Waals surface area contributed by atoms with E-state index >= 15 is 0 Å². The molecule has 0 bridgehead atoms. The Bertz CT molecular complexity index is 564. The Morgan fingerprint density at radius 3 is 2.40 bits per heavy atom. The van der Waals surface area contributed by atoms with Crippen LogP contribution in [0.1, 0.15) is 12.5 Å². The van der Waals surface area contributed by atoms with E-state index in [-0.39, 0.29) is 0 Å². The van der Waals surface area contributed by atoms with Crippen molar-refractivity contribution in [2.45, 2.75) is 18.2 Å². The predicted octanol–water partition coefficient (Wildman–Crippen LogP) is 0.909. The van der Waals surface area contributed by atoms with E-state index in [1.807, 2.05) is 12.1 Å². The standard InChI is InChI=1S/C14H23N3O2S/c1-4-12-5-6-14(20(18,19)15-2)13(11-12)17-9-7-16(3)8-10-17/h5-6,11,15H,4,7-10H2,1-3H3. The Morgan fingerprint density at radius 2 is 1.85 bits per heavy atom. The van der Waals surface area contributed by atoms with Gasteiger partial charge in [-0.2, -0.15) is 0 Å². The van der Waals surface area contributed by atoms with E-state index in [2.05, 4.69) is 28.5 Å². The number of rotatable bonds is 4. The molecule has 0 aromatic heterocycles. The zero-order valence-corrected chi connectivity index (χ0v) is 13.2. The highest BCUT2D eigenvalue weighted by molar-refractivity contribution is 7.89. The van der Waals surface area contributed by atoms with E-state index in [1.54, 1.807) is 6.07 Å². The first kappa shape index (κ1) is 15.3. The average Bonchev–Trinajstić information content (AvgIpc) is 2.47. The largest absolute Gasteiger partial charge is 0.368 e. The first-order chi connectivity index (χ1) is 9.47. The lowest BCUT2D eigenvalue weighted by molar-refractivity contribution is 0.312. The number of hydrogen-bond donors (Lipinski definition) is 1. The van der Waals surface area contributed by atoms with Crippen molar-refractivity contribution in [1.29, 1.82) is 0 Å². The first-order valence-electron chi connectivity index (χ1n) is 6.98. The van der Waals surface area contributed by atoms with Gasteiger partial charge in [-0.05, 0) is 38.2 Å². The van der Waals surface area contributed by atoms with Crippen LogP contribution < -0.4 is 9.62 Å². The number of anilines is 1. The van der Waals surface area contributed by atoms with Crippen molar-refractivity contribution in [1.82, 2.24) is 9.62 Å². The van der Waals surface area contributed by atoms with E-state index in [0.717, 1.165) is 43.9 Å². The summed E-state index contributed by atoms with van der Waals surface area (Å²) in [5.74, 6) is 0. The molecule has 2 rings (SSSR count). The third-order valence-corrected chi connectivity index (χ3v) is 5.30. The van der Waals surface area contributed by atoms with Crippen LogP contribution in [-0.2, 0) is 16.4 Å². The maximum atomic E-state index is 12.2. The van der Waals surface area contributed by atoms with Gasteiger partial charge in [0.15, 0.2) is 0 Å². The number of benzene rings is 1. The quantitative estimate of drug-likeness (QED) is 0.897. The summed E-state index contributed by atoms with van der Waals surface area (Å²) in [5, 5.41) is 0. The molecule has 0 aliphatic carbocycles. The maximum absolute atomic E-state index is 12.2. The van der Waals surface area contributed by atoms with Crippen molar-refractivity contribution in [3.05, 3.63) is 23.8 Å². The molecule has 1 aliphatic rings. The fourth-order valence-electron chi connectivity index (χ4n) is 2.41. The number of hydrogen-bond acceptors (Lipinski definition) is 4. The molecule has 1 N–H and O–H groups in total. The summed E-state index contributed by atoms with van der Waals surface area (Å²) in [6.45, 7) is 5.70. The molecule has 1 fully saturated rings. The van der Waals surface area contributed by atoms with Crippen molar-refractivity contribution in [2.24, 2.45) is 0 Å². The van der Waals surface area contributed by atoms with Gasteiger partial charge in [0.05, 0.1) is 5.69 Å². The van der Waals surface area contributed by atoms with Crippen LogP contribution in [0.3, 0.4) is 0 Å². The summed E-state index contributed by atoms with van der Waals surface area (Å²) in [6.07, 6.45) is 0.903. The van der Waals surface area contributed by atoms with Crippen molar-refractivity contribution in [2.75, 3.05) is 45.2 Å². The van der Waals surface area contributed by atoms with Crippen LogP contribution in [0.15, 0.2) is 23.1 Å². The van der Waals surface area contributed by atoms with Gasteiger partial charge in [0, 0.05) is 26.2 Å². The van der Waals surface area contributed by atoms with Crippen LogP contribution in [0.25, 0.3) is 0 Å². The lowest BCUT2D eigenvalue weighted by Crippen LogP contribution is -2.45. The first-order valence-corrected chi connectivity index (χ1v) is 8.46. The fourth-order valence-corrected chi connectivity index (χ4v) is 3.35. The number of nitrogens with one attached hydrogen (secondary N) is 1. The highest BCUT2D eigenvalue weighted by Crippen LogP contribution is 2.27. The molecule has 0 unspecified atom stereocenters. The highest BCUT2D eigenvalue weighted by atomic mass is 32.2. The molecule has 0 radical (unpaired) electrons. The second-order valence-electron chi connectivity index (χ2n) is 5.15. The minimum absolute atomic E-state index is 0.377. The monoisotopic (exact) mass is 297 g/mol. The second kappa shape index (κ2) is 6.11. The number of aryl methyl sites for hydroxylation is 1. The van der Waals surface area contributed by atoms with Crippen molar-refractivity contribution in [3.63, 3.8) is 0 Å². The summed E-state index contributed by atoms with van der Waals surface area (Å²) >= 11 is 0. The van der Waals surface area contributed by atoms with E-state index in [4.69, 9.17) is 0 Å². The summed E-state index contributed by atoms with van der Waals surface area (Å²) in [5.41, 5.74) is 1.99. The van der Waals surface area contributed by atoms with Crippen LogP contribution in [0.2, 0.25) is 0 Å². The lowest BCUT2D eigenvalue weighted by atomic mass is 10.1. The average molecular weight is 297 g/mol. The lowest BCUT2D eigenvalue weighted by Gasteiger charge is -2.35. The van der Waals surface area contributed by atoms with E-state index in [0.29, 0.717) is 4.90 Å². The Morgan fingerprint density at radius 1 is 1.20 bits per heavy atom. The van der Waals surface area contributed by atoms with Gasteiger partial charge in [0.1, 0.15) is 4.90 Å². The Labute approximate surface area is 121 Å². The third-order valence-electron chi connectivity index (χ3n) is 3.83. The number of nitrogens with zero attached hydrogens (tertiary/aromatic N) is 2. The molecule has 112 valence electrons. The summed E-state index contributed by atoms with van der Waals surface area (Å²) in [4.78, 5) is 4.80. The van der Waals surface area contributed by atoms with E-state index in [9.17, 15) is 8.42 Å².